The van der Waals surface area contributed by atoms with Crippen LogP contribution in [0.3, 0.4) is 0 Å². The van der Waals surface area contributed by atoms with Crippen molar-refractivity contribution in [2.45, 2.75) is 32.1 Å². The van der Waals surface area contributed by atoms with E-state index < -0.39 is 27.5 Å². The zero-order chi connectivity index (χ0) is 18.4. The summed E-state index contributed by atoms with van der Waals surface area (Å²) in [5.41, 5.74) is 0.273. The van der Waals surface area contributed by atoms with Crippen LogP contribution in [0.5, 0.6) is 0 Å². The Bertz CT molecular complexity index is 674. The Hall–Kier alpha value is -2.09. The van der Waals surface area contributed by atoms with Gasteiger partial charge in [0.1, 0.15) is 5.60 Å². The molecule has 0 radical (unpaired) electrons. The molecule has 0 spiro atoms. The van der Waals surface area contributed by atoms with Gasteiger partial charge >= 0.3 is 12.1 Å². The third kappa shape index (κ3) is 7.45. The van der Waals surface area contributed by atoms with Gasteiger partial charge in [0.15, 0.2) is 9.84 Å². The normalized spacial score (nSPS) is 11.7. The second-order valence-electron chi connectivity index (χ2n) is 6.21. The number of rotatable bonds is 6. The Labute approximate surface area is 142 Å². The second kappa shape index (κ2) is 8.14. The number of benzene rings is 1. The number of esters is 1. The SMILES string of the molecule is COC(=O)c1ccc(CS(=O)(=O)CCNC(=O)OC(C)(C)C)cc1. The van der Waals surface area contributed by atoms with Crippen LogP contribution in [-0.2, 0) is 25.1 Å². The highest BCUT2D eigenvalue weighted by Gasteiger charge is 2.17. The number of methoxy groups -OCH3 is 1. The zero-order valence-corrected chi connectivity index (χ0v) is 15.1. The van der Waals surface area contributed by atoms with Crippen molar-refractivity contribution in [3.05, 3.63) is 35.4 Å². The summed E-state index contributed by atoms with van der Waals surface area (Å²) in [5.74, 6) is -0.860. The molecule has 1 amide bonds. The van der Waals surface area contributed by atoms with Gasteiger partial charge in [-0.15, -0.1) is 0 Å². The molecule has 24 heavy (non-hydrogen) atoms. The standard InChI is InChI=1S/C16H23NO6S/c1-16(2,3)23-15(19)17-9-10-24(20,21)11-12-5-7-13(8-6-12)14(18)22-4/h5-8H,9-11H2,1-4H3,(H,17,19). The van der Waals surface area contributed by atoms with Crippen LogP contribution < -0.4 is 5.32 Å². The summed E-state index contributed by atoms with van der Waals surface area (Å²) >= 11 is 0. The predicted octanol–water partition coefficient (Wildman–Crippen LogP) is 1.91. The maximum atomic E-state index is 12.1. The lowest BCUT2D eigenvalue weighted by molar-refractivity contribution is 0.0530. The minimum absolute atomic E-state index is 0.0303. The lowest BCUT2D eigenvalue weighted by Gasteiger charge is -2.19. The molecule has 8 heteroatoms. The predicted molar refractivity (Wildman–Crippen MR) is 89.5 cm³/mol. The first-order valence-corrected chi connectivity index (χ1v) is 9.19. The minimum Gasteiger partial charge on any atom is -0.465 e. The lowest BCUT2D eigenvalue weighted by Crippen LogP contribution is -2.35. The molecule has 0 aliphatic rings. The van der Waals surface area contributed by atoms with Crippen molar-refractivity contribution in [2.24, 2.45) is 0 Å². The molecule has 0 fully saturated rings. The van der Waals surface area contributed by atoms with Gasteiger partial charge in [-0.1, -0.05) is 12.1 Å². The van der Waals surface area contributed by atoms with Gasteiger partial charge in [0.05, 0.1) is 24.2 Å². The molecule has 7 nitrogen and oxygen atoms in total. The maximum Gasteiger partial charge on any atom is 0.407 e. The topological polar surface area (TPSA) is 98.8 Å². The van der Waals surface area contributed by atoms with E-state index in [-0.39, 0.29) is 18.1 Å². The van der Waals surface area contributed by atoms with Gasteiger partial charge in [-0.25, -0.2) is 18.0 Å². The third-order valence-corrected chi connectivity index (χ3v) is 4.44. The monoisotopic (exact) mass is 357 g/mol. The average Bonchev–Trinajstić information content (AvgIpc) is 2.44. The quantitative estimate of drug-likeness (QED) is 0.781. The number of nitrogens with one attached hydrogen (secondary N) is 1. The van der Waals surface area contributed by atoms with Crippen LogP contribution in [0.25, 0.3) is 0 Å². The number of amides is 1. The van der Waals surface area contributed by atoms with E-state index >= 15 is 0 Å². The Balaban J connectivity index is 2.52. The molecular weight excluding hydrogens is 334 g/mol. The molecule has 0 heterocycles. The summed E-state index contributed by atoms with van der Waals surface area (Å²) in [6, 6.07) is 6.14. The van der Waals surface area contributed by atoms with Crippen molar-refractivity contribution in [3.8, 4) is 0 Å². The Kier molecular flexibility index (Phi) is 6.77. The summed E-state index contributed by atoms with van der Waals surface area (Å²) < 4.78 is 33.7. The van der Waals surface area contributed by atoms with E-state index in [1.807, 2.05) is 0 Å². The van der Waals surface area contributed by atoms with Crippen molar-refractivity contribution >= 4 is 21.9 Å². The van der Waals surface area contributed by atoms with Gasteiger partial charge < -0.3 is 14.8 Å². The Morgan fingerprint density at radius 1 is 1.12 bits per heavy atom. The van der Waals surface area contributed by atoms with Crippen LogP contribution in [0.1, 0.15) is 36.7 Å². The largest absolute Gasteiger partial charge is 0.465 e. The van der Waals surface area contributed by atoms with E-state index in [0.29, 0.717) is 11.1 Å². The fourth-order valence-electron chi connectivity index (χ4n) is 1.80. The Morgan fingerprint density at radius 2 is 1.71 bits per heavy atom. The third-order valence-electron chi connectivity index (χ3n) is 2.84. The van der Waals surface area contributed by atoms with E-state index in [1.54, 1.807) is 32.9 Å². The number of carbonyl (C=O) groups excluding carboxylic acids is 2. The van der Waals surface area contributed by atoms with Gasteiger partial charge in [0.2, 0.25) is 0 Å². The summed E-state index contributed by atoms with van der Waals surface area (Å²) in [7, 11) is -2.12. The summed E-state index contributed by atoms with van der Waals surface area (Å²) in [6.45, 7) is 5.14. The molecule has 1 N–H and O–H groups in total. The van der Waals surface area contributed by atoms with E-state index in [4.69, 9.17) is 4.74 Å². The van der Waals surface area contributed by atoms with Crippen molar-refractivity contribution in [2.75, 3.05) is 19.4 Å². The summed E-state index contributed by atoms with van der Waals surface area (Å²) in [6.07, 6.45) is -0.653. The van der Waals surface area contributed by atoms with Crippen molar-refractivity contribution < 1.29 is 27.5 Å². The molecule has 0 atom stereocenters. The van der Waals surface area contributed by atoms with E-state index in [9.17, 15) is 18.0 Å². The van der Waals surface area contributed by atoms with Gasteiger partial charge in [0.25, 0.3) is 0 Å². The van der Waals surface area contributed by atoms with Crippen molar-refractivity contribution in [3.63, 3.8) is 0 Å². The van der Waals surface area contributed by atoms with E-state index in [0.717, 1.165) is 0 Å². The van der Waals surface area contributed by atoms with Crippen LogP contribution in [0.2, 0.25) is 0 Å². The molecular formula is C16H23NO6S. The van der Waals surface area contributed by atoms with Crippen LogP contribution in [-0.4, -0.2) is 45.5 Å². The highest BCUT2D eigenvalue weighted by molar-refractivity contribution is 7.90. The van der Waals surface area contributed by atoms with E-state index in [1.165, 1.54) is 19.2 Å². The molecule has 0 saturated heterocycles. The number of alkyl carbamates (subject to hydrolysis) is 1. The molecule has 1 aromatic rings. The maximum absolute atomic E-state index is 12.1. The fourth-order valence-corrected chi connectivity index (χ4v) is 3.06. The summed E-state index contributed by atoms with van der Waals surface area (Å²) in [5, 5.41) is 2.41. The highest BCUT2D eigenvalue weighted by Crippen LogP contribution is 2.10. The van der Waals surface area contributed by atoms with Gasteiger partial charge in [-0.3, -0.25) is 0 Å². The lowest BCUT2D eigenvalue weighted by atomic mass is 10.1. The molecule has 1 aromatic carbocycles. The smallest absolute Gasteiger partial charge is 0.407 e. The zero-order valence-electron chi connectivity index (χ0n) is 14.3. The number of ether oxygens (including phenoxy) is 2. The molecule has 134 valence electrons. The van der Waals surface area contributed by atoms with Crippen molar-refractivity contribution in [1.82, 2.24) is 5.32 Å². The van der Waals surface area contributed by atoms with Gasteiger partial charge in [-0.2, -0.15) is 0 Å². The number of hydrogen-bond donors (Lipinski definition) is 1. The van der Waals surface area contributed by atoms with Crippen LogP contribution >= 0.6 is 0 Å². The first kappa shape index (κ1) is 20.0. The number of hydrogen-bond acceptors (Lipinski definition) is 6. The first-order valence-electron chi connectivity index (χ1n) is 7.37. The van der Waals surface area contributed by atoms with Crippen LogP contribution in [0.4, 0.5) is 4.79 Å². The molecule has 0 aliphatic carbocycles. The molecule has 1 rings (SSSR count). The molecule has 0 aromatic heterocycles. The molecule has 0 aliphatic heterocycles. The Morgan fingerprint density at radius 3 is 2.21 bits per heavy atom. The highest BCUT2D eigenvalue weighted by atomic mass is 32.2. The summed E-state index contributed by atoms with van der Waals surface area (Å²) in [4.78, 5) is 22.8. The molecule has 0 saturated carbocycles. The number of carbonyl (C=O) groups is 2. The van der Waals surface area contributed by atoms with Gasteiger partial charge in [0, 0.05) is 6.54 Å². The fraction of sp³-hybridized carbons (Fsp3) is 0.500. The van der Waals surface area contributed by atoms with Crippen molar-refractivity contribution in [1.29, 1.82) is 0 Å². The first-order chi connectivity index (χ1) is 11.0. The second-order valence-corrected chi connectivity index (χ2v) is 8.39. The molecule has 0 bridgehead atoms. The van der Waals surface area contributed by atoms with Crippen LogP contribution in [0, 0.1) is 0 Å². The van der Waals surface area contributed by atoms with E-state index in [2.05, 4.69) is 10.1 Å². The number of sulfone groups is 1. The van der Waals surface area contributed by atoms with Gasteiger partial charge in [-0.05, 0) is 38.5 Å². The van der Waals surface area contributed by atoms with Crippen LogP contribution in [0.15, 0.2) is 24.3 Å². The average molecular weight is 357 g/mol. The minimum atomic E-state index is -3.40. The molecule has 0 unspecified atom stereocenters.